The van der Waals surface area contributed by atoms with Crippen molar-refractivity contribution in [2.24, 2.45) is 5.73 Å². The number of aliphatic carboxylic acids is 1. The van der Waals surface area contributed by atoms with Crippen molar-refractivity contribution >= 4 is 5.97 Å². The van der Waals surface area contributed by atoms with Crippen LogP contribution in [0.15, 0.2) is 12.1 Å². The van der Waals surface area contributed by atoms with Crippen LogP contribution < -0.4 is 10.5 Å². The predicted octanol–water partition coefficient (Wildman–Crippen LogP) is 0.664. The number of benzene rings is 1. The van der Waals surface area contributed by atoms with Gasteiger partial charge in [0.25, 0.3) is 0 Å². The molecule has 0 spiro atoms. The van der Waals surface area contributed by atoms with Crippen molar-refractivity contribution in [3.63, 3.8) is 0 Å². The highest BCUT2D eigenvalue weighted by Gasteiger charge is 2.14. The van der Waals surface area contributed by atoms with Gasteiger partial charge in [0.15, 0.2) is 11.5 Å². The second-order valence-corrected chi connectivity index (χ2v) is 3.61. The van der Waals surface area contributed by atoms with Gasteiger partial charge < -0.3 is 20.7 Å². The molecule has 0 heterocycles. The molecule has 0 bridgehead atoms. The minimum absolute atomic E-state index is 0.00455. The lowest BCUT2D eigenvalue weighted by atomic mass is 10.0. The number of rotatable bonds is 4. The Labute approximate surface area is 93.5 Å². The molecule has 4 N–H and O–H groups in total. The first-order chi connectivity index (χ1) is 7.45. The number of carboxylic acids is 1. The summed E-state index contributed by atoms with van der Waals surface area (Å²) >= 11 is 0. The van der Waals surface area contributed by atoms with E-state index in [0.717, 1.165) is 5.56 Å². The van der Waals surface area contributed by atoms with Gasteiger partial charge in [-0.15, -0.1) is 0 Å². The molecular weight excluding hydrogens is 210 g/mol. The minimum atomic E-state index is -1.06. The maximum Gasteiger partial charge on any atom is 0.320 e. The van der Waals surface area contributed by atoms with Crippen molar-refractivity contribution < 1.29 is 19.7 Å². The Kier molecular flexibility index (Phi) is 3.73. The number of nitrogens with two attached hydrogens (primary N) is 1. The molecule has 1 atom stereocenters. The third kappa shape index (κ3) is 2.64. The summed E-state index contributed by atoms with van der Waals surface area (Å²) in [7, 11) is 1.46. The zero-order valence-electron chi connectivity index (χ0n) is 9.23. The van der Waals surface area contributed by atoms with Crippen LogP contribution in [0.3, 0.4) is 0 Å². The summed E-state index contributed by atoms with van der Waals surface area (Å²) in [4.78, 5) is 10.6. The van der Waals surface area contributed by atoms with E-state index in [1.807, 2.05) is 0 Å². The summed E-state index contributed by atoms with van der Waals surface area (Å²) in [5, 5.41) is 18.3. The zero-order valence-corrected chi connectivity index (χ0v) is 9.23. The molecule has 5 nitrogen and oxygen atoms in total. The standard InChI is InChI=1S/C11H15NO4/c1-6-3-7(4-8(12)11(14)15)5-9(13)10(6)16-2/h3,5,8,13H,4,12H2,1-2H3,(H,14,15). The molecule has 1 unspecified atom stereocenters. The van der Waals surface area contributed by atoms with E-state index >= 15 is 0 Å². The third-order valence-corrected chi connectivity index (χ3v) is 2.29. The summed E-state index contributed by atoms with van der Waals surface area (Å²) in [6.45, 7) is 1.77. The molecule has 1 rings (SSSR count). The van der Waals surface area contributed by atoms with Crippen molar-refractivity contribution in [3.8, 4) is 11.5 Å². The highest BCUT2D eigenvalue weighted by molar-refractivity contribution is 5.73. The van der Waals surface area contributed by atoms with Crippen LogP contribution in [-0.4, -0.2) is 29.3 Å². The lowest BCUT2D eigenvalue weighted by Gasteiger charge is -2.11. The van der Waals surface area contributed by atoms with Crippen LogP contribution in [0.4, 0.5) is 0 Å². The monoisotopic (exact) mass is 225 g/mol. The van der Waals surface area contributed by atoms with E-state index in [-0.39, 0.29) is 12.2 Å². The van der Waals surface area contributed by atoms with Gasteiger partial charge in [-0.3, -0.25) is 4.79 Å². The Morgan fingerprint density at radius 1 is 1.56 bits per heavy atom. The summed E-state index contributed by atoms with van der Waals surface area (Å²) in [5.41, 5.74) is 6.82. The molecule has 1 aromatic rings. The lowest BCUT2D eigenvalue weighted by Crippen LogP contribution is -2.32. The summed E-state index contributed by atoms with van der Waals surface area (Å²) < 4.78 is 4.99. The van der Waals surface area contributed by atoms with Crippen molar-refractivity contribution in [3.05, 3.63) is 23.3 Å². The van der Waals surface area contributed by atoms with Crippen LogP contribution in [0.25, 0.3) is 0 Å². The minimum Gasteiger partial charge on any atom is -0.504 e. The Balaban J connectivity index is 2.96. The fraction of sp³-hybridized carbons (Fsp3) is 0.364. The zero-order chi connectivity index (χ0) is 12.3. The predicted molar refractivity (Wildman–Crippen MR) is 58.7 cm³/mol. The third-order valence-electron chi connectivity index (χ3n) is 2.29. The second-order valence-electron chi connectivity index (χ2n) is 3.61. The van der Waals surface area contributed by atoms with E-state index in [2.05, 4.69) is 0 Å². The number of ether oxygens (including phenoxy) is 1. The Bertz CT molecular complexity index is 380. The van der Waals surface area contributed by atoms with Crippen molar-refractivity contribution in [2.75, 3.05) is 7.11 Å². The SMILES string of the molecule is COc1c(C)cc(CC(N)C(=O)O)cc1O. The van der Waals surface area contributed by atoms with E-state index in [9.17, 15) is 9.90 Å². The van der Waals surface area contributed by atoms with Crippen LogP contribution in [-0.2, 0) is 11.2 Å². The first-order valence-corrected chi connectivity index (χ1v) is 4.80. The highest BCUT2D eigenvalue weighted by Crippen LogP contribution is 2.31. The average molecular weight is 225 g/mol. The highest BCUT2D eigenvalue weighted by atomic mass is 16.5. The number of aryl methyl sites for hydroxylation is 1. The Morgan fingerprint density at radius 3 is 2.62 bits per heavy atom. The summed E-state index contributed by atoms with van der Waals surface area (Å²) in [6.07, 6.45) is 0.174. The van der Waals surface area contributed by atoms with Crippen LogP contribution in [0.5, 0.6) is 11.5 Å². The van der Waals surface area contributed by atoms with Crippen molar-refractivity contribution in [1.82, 2.24) is 0 Å². The van der Waals surface area contributed by atoms with Crippen LogP contribution >= 0.6 is 0 Å². The number of carboxylic acid groups (broad SMARTS) is 1. The molecule has 0 aromatic heterocycles. The maximum absolute atomic E-state index is 10.6. The van der Waals surface area contributed by atoms with E-state index in [1.165, 1.54) is 13.2 Å². The van der Waals surface area contributed by atoms with Gasteiger partial charge in [0.05, 0.1) is 7.11 Å². The van der Waals surface area contributed by atoms with Gasteiger partial charge in [-0.25, -0.2) is 0 Å². The Morgan fingerprint density at radius 2 is 2.19 bits per heavy atom. The smallest absolute Gasteiger partial charge is 0.320 e. The number of aromatic hydroxyl groups is 1. The van der Waals surface area contributed by atoms with Crippen LogP contribution in [0.2, 0.25) is 0 Å². The van der Waals surface area contributed by atoms with Gasteiger partial charge in [0.1, 0.15) is 6.04 Å². The number of carbonyl (C=O) groups is 1. The Hall–Kier alpha value is -1.75. The first-order valence-electron chi connectivity index (χ1n) is 4.80. The van der Waals surface area contributed by atoms with Gasteiger partial charge in [-0.2, -0.15) is 0 Å². The maximum atomic E-state index is 10.6. The molecule has 0 amide bonds. The first kappa shape index (κ1) is 12.3. The lowest BCUT2D eigenvalue weighted by molar-refractivity contribution is -0.138. The number of methoxy groups -OCH3 is 1. The summed E-state index contributed by atoms with van der Waals surface area (Å²) in [6, 6.07) is 2.25. The molecule has 0 aliphatic rings. The molecular formula is C11H15NO4. The van der Waals surface area contributed by atoms with Crippen molar-refractivity contribution in [1.29, 1.82) is 0 Å². The number of phenols is 1. The summed E-state index contributed by atoms with van der Waals surface area (Å²) in [5.74, 6) is -0.671. The molecule has 0 aliphatic heterocycles. The van der Waals surface area contributed by atoms with E-state index in [4.69, 9.17) is 15.6 Å². The van der Waals surface area contributed by atoms with Gasteiger partial charge in [-0.1, -0.05) is 6.07 Å². The molecule has 0 fully saturated rings. The quantitative estimate of drug-likeness (QED) is 0.700. The van der Waals surface area contributed by atoms with E-state index < -0.39 is 12.0 Å². The fourth-order valence-corrected chi connectivity index (χ4v) is 1.55. The van der Waals surface area contributed by atoms with Crippen molar-refractivity contribution in [2.45, 2.75) is 19.4 Å². The number of hydrogen-bond acceptors (Lipinski definition) is 4. The van der Waals surface area contributed by atoms with Crippen LogP contribution in [0.1, 0.15) is 11.1 Å². The average Bonchev–Trinajstić information content (AvgIpc) is 2.16. The largest absolute Gasteiger partial charge is 0.504 e. The molecule has 88 valence electrons. The van der Waals surface area contributed by atoms with Gasteiger partial charge >= 0.3 is 5.97 Å². The topological polar surface area (TPSA) is 92.8 Å². The molecule has 0 aliphatic carbocycles. The molecule has 0 saturated heterocycles. The molecule has 0 saturated carbocycles. The molecule has 1 aromatic carbocycles. The molecule has 0 radical (unpaired) electrons. The normalized spacial score (nSPS) is 12.2. The van der Waals surface area contributed by atoms with E-state index in [1.54, 1.807) is 13.0 Å². The van der Waals surface area contributed by atoms with Gasteiger partial charge in [-0.05, 0) is 30.5 Å². The van der Waals surface area contributed by atoms with Gasteiger partial charge in [0.2, 0.25) is 0 Å². The molecule has 5 heteroatoms. The molecule has 16 heavy (non-hydrogen) atoms. The van der Waals surface area contributed by atoms with Gasteiger partial charge in [0, 0.05) is 0 Å². The fourth-order valence-electron chi connectivity index (χ4n) is 1.55. The number of hydrogen-bond donors (Lipinski definition) is 3. The van der Waals surface area contributed by atoms with Crippen LogP contribution in [0, 0.1) is 6.92 Å². The second kappa shape index (κ2) is 4.85. The number of phenolic OH excluding ortho intramolecular Hbond substituents is 1. The van der Waals surface area contributed by atoms with E-state index in [0.29, 0.717) is 11.3 Å².